The van der Waals surface area contributed by atoms with E-state index in [2.05, 4.69) is 25.6 Å². The number of aromatic nitrogens is 4. The van der Waals surface area contributed by atoms with E-state index in [1.165, 1.54) is 6.33 Å². The Bertz CT molecular complexity index is 1430. The van der Waals surface area contributed by atoms with E-state index in [1.54, 1.807) is 15.8 Å². The SMILES string of the molecule is CCNC(=O)Nc1ncnc2c1ncn2C1OC(CC(=O)N2CCC(C(=O)O)CC2)C2O[C@H](c3ccccc3)OC21. The zero-order chi connectivity index (χ0) is 28.5. The van der Waals surface area contributed by atoms with Gasteiger partial charge in [0, 0.05) is 25.2 Å². The number of hydrogen-bond acceptors (Lipinski definition) is 9. The standard InChI is InChI=1S/C27H31N7O7/c1-2-28-27(38)32-22-19-23(30-13-29-22)34(14-31-19)24-21-20(40-26(41-21)16-6-4-3-5-7-16)17(39-24)12-18(35)33-10-8-15(9-11-33)25(36)37/h3-7,13-15,17,20-21,24,26H,2,8-12H2,1H3,(H,36,37)(H2,28,29,30,32,38)/t17?,20?,21?,24?,26-/m0/s1. The molecule has 0 saturated carbocycles. The Kier molecular flexibility index (Phi) is 7.51. The molecule has 3 aliphatic heterocycles. The molecule has 3 saturated heterocycles. The van der Waals surface area contributed by atoms with Gasteiger partial charge < -0.3 is 29.5 Å². The van der Waals surface area contributed by atoms with Crippen molar-refractivity contribution in [3.05, 3.63) is 48.5 Å². The van der Waals surface area contributed by atoms with Gasteiger partial charge in [-0.05, 0) is 19.8 Å². The number of nitrogens with zero attached hydrogens (tertiary/aromatic N) is 5. The highest BCUT2D eigenvalue weighted by atomic mass is 16.8. The lowest BCUT2D eigenvalue weighted by Gasteiger charge is -2.31. The number of nitrogens with one attached hydrogen (secondary N) is 2. The van der Waals surface area contributed by atoms with Gasteiger partial charge in [-0.1, -0.05) is 30.3 Å². The van der Waals surface area contributed by atoms with Gasteiger partial charge in [-0.15, -0.1) is 0 Å². The average Bonchev–Trinajstić information content (AvgIpc) is 3.69. The molecule has 5 heterocycles. The first-order valence-corrected chi connectivity index (χ1v) is 13.7. The predicted octanol–water partition coefficient (Wildman–Crippen LogP) is 2.06. The summed E-state index contributed by atoms with van der Waals surface area (Å²) < 4.78 is 20.8. The van der Waals surface area contributed by atoms with E-state index in [0.29, 0.717) is 43.6 Å². The molecule has 6 rings (SSSR count). The maximum atomic E-state index is 13.3. The molecule has 14 heteroatoms. The zero-order valence-electron chi connectivity index (χ0n) is 22.4. The summed E-state index contributed by atoms with van der Waals surface area (Å²) in [5.41, 5.74) is 1.64. The number of rotatable bonds is 7. The van der Waals surface area contributed by atoms with E-state index in [1.807, 2.05) is 37.3 Å². The van der Waals surface area contributed by atoms with E-state index in [0.717, 1.165) is 5.56 Å². The van der Waals surface area contributed by atoms with E-state index in [9.17, 15) is 19.5 Å². The molecule has 216 valence electrons. The summed E-state index contributed by atoms with van der Waals surface area (Å²) in [6.45, 7) is 3.03. The van der Waals surface area contributed by atoms with Crippen LogP contribution in [0.5, 0.6) is 0 Å². The first-order chi connectivity index (χ1) is 19.9. The van der Waals surface area contributed by atoms with Crippen molar-refractivity contribution in [2.24, 2.45) is 5.92 Å². The molecule has 3 aromatic rings. The van der Waals surface area contributed by atoms with Crippen LogP contribution in [0, 0.1) is 5.92 Å². The number of piperidine rings is 1. The van der Waals surface area contributed by atoms with Crippen molar-refractivity contribution in [1.29, 1.82) is 0 Å². The molecule has 3 N–H and O–H groups in total. The number of carboxylic acids is 1. The van der Waals surface area contributed by atoms with Gasteiger partial charge in [0.25, 0.3) is 0 Å². The lowest BCUT2D eigenvalue weighted by atomic mass is 9.96. The first kappa shape index (κ1) is 27.1. The second-order valence-electron chi connectivity index (χ2n) is 10.2. The van der Waals surface area contributed by atoms with Crippen LogP contribution in [-0.4, -0.2) is 85.4 Å². The Labute approximate surface area is 235 Å². The molecule has 0 spiro atoms. The number of aliphatic carboxylic acids is 1. The number of urea groups is 1. The highest BCUT2D eigenvalue weighted by molar-refractivity contribution is 5.95. The summed E-state index contributed by atoms with van der Waals surface area (Å²) in [7, 11) is 0. The van der Waals surface area contributed by atoms with Crippen LogP contribution in [0.3, 0.4) is 0 Å². The molecule has 2 aromatic heterocycles. The highest BCUT2D eigenvalue weighted by Crippen LogP contribution is 2.45. The molecule has 0 radical (unpaired) electrons. The van der Waals surface area contributed by atoms with Gasteiger partial charge in [-0.2, -0.15) is 0 Å². The van der Waals surface area contributed by atoms with E-state index in [4.69, 9.17) is 14.2 Å². The fraction of sp³-hybridized carbons (Fsp3) is 0.481. The van der Waals surface area contributed by atoms with Gasteiger partial charge in [0.15, 0.2) is 29.5 Å². The molecular weight excluding hydrogens is 534 g/mol. The molecule has 41 heavy (non-hydrogen) atoms. The normalized spacial score (nSPS) is 26.2. The van der Waals surface area contributed by atoms with Gasteiger partial charge in [0.05, 0.1) is 24.8 Å². The molecule has 0 aliphatic carbocycles. The van der Waals surface area contributed by atoms with E-state index in [-0.39, 0.29) is 18.1 Å². The Hall–Kier alpha value is -4.14. The van der Waals surface area contributed by atoms with Crippen molar-refractivity contribution in [3.8, 4) is 0 Å². The van der Waals surface area contributed by atoms with Crippen LogP contribution in [0.4, 0.5) is 10.6 Å². The van der Waals surface area contributed by atoms with E-state index >= 15 is 0 Å². The maximum Gasteiger partial charge on any atom is 0.320 e. The van der Waals surface area contributed by atoms with Crippen LogP contribution in [0.25, 0.3) is 11.2 Å². The Morgan fingerprint density at radius 2 is 1.78 bits per heavy atom. The molecule has 5 atom stereocenters. The maximum absolute atomic E-state index is 13.3. The lowest BCUT2D eigenvalue weighted by Crippen LogP contribution is -2.42. The van der Waals surface area contributed by atoms with Crippen LogP contribution in [0.1, 0.15) is 44.3 Å². The summed E-state index contributed by atoms with van der Waals surface area (Å²) >= 11 is 0. The number of fused-ring (bicyclic) bond motifs is 2. The van der Waals surface area contributed by atoms with Crippen LogP contribution in [-0.2, 0) is 23.8 Å². The molecule has 0 bridgehead atoms. The minimum atomic E-state index is -0.828. The van der Waals surface area contributed by atoms with Crippen molar-refractivity contribution in [1.82, 2.24) is 29.7 Å². The number of amides is 3. The quantitative estimate of drug-likeness (QED) is 0.385. The Balaban J connectivity index is 1.25. The lowest BCUT2D eigenvalue weighted by molar-refractivity contribution is -0.157. The van der Waals surface area contributed by atoms with Gasteiger partial charge in [0.1, 0.15) is 18.5 Å². The van der Waals surface area contributed by atoms with Crippen molar-refractivity contribution in [2.45, 2.75) is 57.0 Å². The van der Waals surface area contributed by atoms with Crippen molar-refractivity contribution in [3.63, 3.8) is 0 Å². The third-order valence-electron chi connectivity index (χ3n) is 7.69. The number of carboxylic acid groups (broad SMARTS) is 1. The Morgan fingerprint density at radius 1 is 1.02 bits per heavy atom. The molecule has 1 aromatic carbocycles. The third kappa shape index (κ3) is 5.33. The fourth-order valence-electron chi connectivity index (χ4n) is 5.61. The average molecular weight is 566 g/mol. The largest absolute Gasteiger partial charge is 0.481 e. The monoisotopic (exact) mass is 565 g/mol. The summed E-state index contributed by atoms with van der Waals surface area (Å²) in [6.07, 6.45) is 0.624. The second kappa shape index (κ2) is 11.4. The molecule has 4 unspecified atom stereocenters. The Morgan fingerprint density at radius 3 is 2.51 bits per heavy atom. The predicted molar refractivity (Wildman–Crippen MR) is 142 cm³/mol. The number of ether oxygens (including phenoxy) is 3. The smallest absolute Gasteiger partial charge is 0.320 e. The van der Waals surface area contributed by atoms with Gasteiger partial charge in [0.2, 0.25) is 5.91 Å². The van der Waals surface area contributed by atoms with Gasteiger partial charge in [-0.3, -0.25) is 19.5 Å². The molecule has 14 nitrogen and oxygen atoms in total. The van der Waals surface area contributed by atoms with Crippen molar-refractivity contribution < 1.29 is 33.7 Å². The summed E-state index contributed by atoms with van der Waals surface area (Å²) in [5, 5.41) is 14.6. The second-order valence-corrected chi connectivity index (χ2v) is 10.2. The van der Waals surface area contributed by atoms with Crippen LogP contribution in [0.15, 0.2) is 43.0 Å². The number of carbonyl (C=O) groups excluding carboxylic acids is 2. The number of anilines is 1. The number of carbonyl (C=O) groups is 3. The number of hydrogen-bond donors (Lipinski definition) is 3. The molecular formula is C27H31N7O7. The van der Waals surface area contributed by atoms with E-state index < -0.39 is 48.7 Å². The summed E-state index contributed by atoms with van der Waals surface area (Å²) in [4.78, 5) is 51.4. The van der Waals surface area contributed by atoms with Gasteiger partial charge >= 0.3 is 12.0 Å². The molecule has 3 fully saturated rings. The summed E-state index contributed by atoms with van der Waals surface area (Å²) in [6, 6.07) is 9.11. The van der Waals surface area contributed by atoms with Crippen LogP contribution in [0.2, 0.25) is 0 Å². The molecule has 3 amide bonds. The third-order valence-corrected chi connectivity index (χ3v) is 7.69. The van der Waals surface area contributed by atoms with Gasteiger partial charge in [-0.25, -0.2) is 19.7 Å². The minimum absolute atomic E-state index is 0.0475. The number of imidazole rings is 1. The van der Waals surface area contributed by atoms with Crippen molar-refractivity contribution >= 4 is 34.9 Å². The highest BCUT2D eigenvalue weighted by Gasteiger charge is 2.54. The minimum Gasteiger partial charge on any atom is -0.481 e. The van der Waals surface area contributed by atoms with Crippen LogP contribution >= 0.6 is 0 Å². The van der Waals surface area contributed by atoms with Crippen LogP contribution < -0.4 is 10.6 Å². The number of likely N-dealkylation sites (tertiary alicyclic amines) is 1. The topological polar surface area (TPSA) is 170 Å². The number of benzene rings is 1. The zero-order valence-corrected chi connectivity index (χ0v) is 22.4. The first-order valence-electron chi connectivity index (χ1n) is 13.7. The molecule has 3 aliphatic rings. The van der Waals surface area contributed by atoms with Crippen molar-refractivity contribution in [2.75, 3.05) is 25.0 Å². The summed E-state index contributed by atoms with van der Waals surface area (Å²) in [5.74, 6) is -1.14. The fourth-order valence-corrected chi connectivity index (χ4v) is 5.61.